The molecule has 5 nitrogen and oxygen atoms in total. The van der Waals surface area contributed by atoms with Crippen molar-refractivity contribution in [3.63, 3.8) is 0 Å². The number of fused-ring (bicyclic) bond motifs is 6. The summed E-state index contributed by atoms with van der Waals surface area (Å²) in [7, 11) is 0. The maximum absolute atomic E-state index is 14.3. The van der Waals surface area contributed by atoms with Crippen LogP contribution in [0.2, 0.25) is 0 Å². The van der Waals surface area contributed by atoms with Crippen LogP contribution in [-0.2, 0) is 0 Å². The fourth-order valence-corrected chi connectivity index (χ4v) is 5.42. The summed E-state index contributed by atoms with van der Waals surface area (Å²) in [6.07, 6.45) is 0. The van der Waals surface area contributed by atoms with Gasteiger partial charge in [-0.1, -0.05) is 30.3 Å². The van der Waals surface area contributed by atoms with E-state index in [2.05, 4.69) is 6.07 Å². The van der Waals surface area contributed by atoms with Gasteiger partial charge >= 0.3 is 0 Å². The zero-order valence-electron chi connectivity index (χ0n) is 20.0. The minimum Gasteiger partial charge on any atom is -0.207 e. The number of hydrogen-bond donors (Lipinski definition) is 0. The molecule has 0 unspecified atom stereocenters. The summed E-state index contributed by atoms with van der Waals surface area (Å²) in [6, 6.07) is 30.9. The first-order valence-corrected chi connectivity index (χ1v) is 11.8. The lowest BCUT2D eigenvalue weighted by atomic mass is 9.93. The van der Waals surface area contributed by atoms with Gasteiger partial charge in [0, 0.05) is 11.1 Å². The van der Waals surface area contributed by atoms with E-state index in [4.69, 9.17) is 5.26 Å². The van der Waals surface area contributed by atoms with Crippen LogP contribution in [0.15, 0.2) is 83.9 Å². The van der Waals surface area contributed by atoms with E-state index in [9.17, 15) is 25.4 Å². The molecule has 0 N–H and O–H groups in total. The minimum atomic E-state index is -0.487. The van der Waals surface area contributed by atoms with Crippen molar-refractivity contribution in [3.05, 3.63) is 118 Å². The molecular formula is C33H12FN5. The molecule has 0 aliphatic heterocycles. The molecule has 0 heterocycles. The number of benzene rings is 4. The highest BCUT2D eigenvalue weighted by Crippen LogP contribution is 2.53. The van der Waals surface area contributed by atoms with E-state index in [0.717, 1.165) is 22.3 Å². The van der Waals surface area contributed by atoms with Crippen molar-refractivity contribution >= 4 is 11.1 Å². The topological polar surface area (TPSA) is 119 Å². The van der Waals surface area contributed by atoms with E-state index in [1.807, 2.05) is 66.7 Å². The standard InChI is InChI=1S/C33H12FN5/c34-23-6-8-25-27-12-30-26(11-31(27)33(29(25)10-23)22(16-38)17-39)24-7-5-20(19-3-1-18(13-35)2-4-19)9-28(24)32(30)21(14-36)15-37/h1-12H. The summed E-state index contributed by atoms with van der Waals surface area (Å²) >= 11 is 0. The van der Waals surface area contributed by atoms with Gasteiger partial charge in [0.05, 0.1) is 11.6 Å². The molecule has 4 aromatic carbocycles. The largest absolute Gasteiger partial charge is 0.207 e. The Balaban J connectivity index is 1.65. The van der Waals surface area contributed by atoms with Gasteiger partial charge in [-0.15, -0.1) is 0 Å². The van der Waals surface area contributed by atoms with Gasteiger partial charge in [0.25, 0.3) is 0 Å². The molecule has 0 aromatic heterocycles. The van der Waals surface area contributed by atoms with Gasteiger partial charge in [0.15, 0.2) is 0 Å². The van der Waals surface area contributed by atoms with Crippen molar-refractivity contribution in [1.82, 2.24) is 0 Å². The smallest absolute Gasteiger partial charge is 0.138 e. The second-order valence-corrected chi connectivity index (χ2v) is 9.03. The van der Waals surface area contributed by atoms with Crippen LogP contribution < -0.4 is 0 Å². The molecule has 6 heteroatoms. The quantitative estimate of drug-likeness (QED) is 0.226. The highest BCUT2D eigenvalue weighted by Gasteiger charge is 2.33. The van der Waals surface area contributed by atoms with Gasteiger partial charge in [-0.2, -0.15) is 26.3 Å². The predicted octanol–water partition coefficient (Wildman–Crippen LogP) is 7.02. The maximum atomic E-state index is 14.3. The molecule has 4 aromatic rings. The van der Waals surface area contributed by atoms with Crippen LogP contribution in [0, 0.1) is 62.5 Å². The summed E-state index contributed by atoms with van der Waals surface area (Å²) in [5, 5.41) is 48.2. The molecule has 0 radical (unpaired) electrons. The van der Waals surface area contributed by atoms with E-state index in [0.29, 0.717) is 50.1 Å². The average molecular weight is 497 g/mol. The fraction of sp³-hybridized carbons (Fsp3) is 0. The van der Waals surface area contributed by atoms with Gasteiger partial charge in [0.2, 0.25) is 0 Å². The van der Waals surface area contributed by atoms with E-state index < -0.39 is 5.82 Å². The Morgan fingerprint density at radius 1 is 0.462 bits per heavy atom. The fourth-order valence-electron chi connectivity index (χ4n) is 5.42. The van der Waals surface area contributed by atoms with Crippen LogP contribution in [0.4, 0.5) is 4.39 Å². The third-order valence-electron chi connectivity index (χ3n) is 7.11. The zero-order valence-corrected chi connectivity index (χ0v) is 20.0. The molecule has 0 fully saturated rings. The first-order chi connectivity index (χ1) is 19.0. The normalized spacial score (nSPS) is 11.5. The lowest BCUT2D eigenvalue weighted by Crippen LogP contribution is -1.91. The summed E-state index contributed by atoms with van der Waals surface area (Å²) in [5.74, 6) is -0.487. The Morgan fingerprint density at radius 3 is 1.44 bits per heavy atom. The van der Waals surface area contributed by atoms with Crippen molar-refractivity contribution in [2.45, 2.75) is 0 Å². The molecule has 0 atom stereocenters. The van der Waals surface area contributed by atoms with E-state index in [-0.39, 0.29) is 11.1 Å². The van der Waals surface area contributed by atoms with Gasteiger partial charge in [-0.05, 0) is 98.1 Å². The lowest BCUT2D eigenvalue weighted by molar-refractivity contribution is 0.627. The second-order valence-electron chi connectivity index (χ2n) is 9.03. The van der Waals surface area contributed by atoms with E-state index in [1.165, 1.54) is 12.1 Å². The van der Waals surface area contributed by atoms with Crippen molar-refractivity contribution in [1.29, 1.82) is 26.3 Å². The molecule has 0 saturated heterocycles. The van der Waals surface area contributed by atoms with E-state index >= 15 is 0 Å². The monoisotopic (exact) mass is 497 g/mol. The Bertz CT molecular complexity index is 2030. The highest BCUT2D eigenvalue weighted by molar-refractivity contribution is 6.11. The predicted molar refractivity (Wildman–Crippen MR) is 142 cm³/mol. The van der Waals surface area contributed by atoms with Crippen LogP contribution in [-0.4, -0.2) is 0 Å². The highest BCUT2D eigenvalue weighted by atomic mass is 19.1. The van der Waals surface area contributed by atoms with Gasteiger partial charge < -0.3 is 0 Å². The number of nitriles is 5. The molecule has 2 aliphatic carbocycles. The van der Waals surface area contributed by atoms with Crippen LogP contribution in [0.5, 0.6) is 0 Å². The number of halogens is 1. The van der Waals surface area contributed by atoms with E-state index in [1.54, 1.807) is 18.2 Å². The van der Waals surface area contributed by atoms with Crippen molar-refractivity contribution < 1.29 is 4.39 Å². The molecule has 6 rings (SSSR count). The number of allylic oxidation sites excluding steroid dienone is 2. The maximum Gasteiger partial charge on any atom is 0.138 e. The Morgan fingerprint density at radius 2 is 0.923 bits per heavy atom. The van der Waals surface area contributed by atoms with Crippen molar-refractivity contribution in [3.8, 4) is 63.7 Å². The van der Waals surface area contributed by atoms with Crippen molar-refractivity contribution in [2.24, 2.45) is 0 Å². The molecule has 0 bridgehead atoms. The molecule has 2 aliphatic rings. The average Bonchev–Trinajstić information content (AvgIpc) is 3.45. The SMILES string of the molecule is N#CC(C#N)=C1c2cc(F)ccc2-c2cc3c(cc21)-c1ccc(-c2ccc(C#N)cc2)cc1C3=C(C#N)C#N. The molecule has 0 spiro atoms. The van der Waals surface area contributed by atoms with Gasteiger partial charge in [-0.25, -0.2) is 4.39 Å². The first-order valence-electron chi connectivity index (χ1n) is 11.8. The molecule has 176 valence electrons. The Kier molecular flexibility index (Phi) is 5.16. The van der Waals surface area contributed by atoms with Crippen molar-refractivity contribution in [2.75, 3.05) is 0 Å². The molecular weight excluding hydrogens is 485 g/mol. The summed E-state index contributed by atoms with van der Waals surface area (Å²) in [5.41, 5.74) is 8.28. The zero-order chi connectivity index (χ0) is 27.3. The first kappa shape index (κ1) is 23.2. The lowest BCUT2D eigenvalue weighted by Gasteiger charge is -2.08. The number of nitrogens with zero attached hydrogens (tertiary/aromatic N) is 5. The second kappa shape index (κ2) is 8.69. The molecule has 39 heavy (non-hydrogen) atoms. The van der Waals surface area contributed by atoms with Gasteiger partial charge in [-0.3, -0.25) is 0 Å². The summed E-state index contributed by atoms with van der Waals surface area (Å²) < 4.78 is 14.3. The molecule has 0 saturated carbocycles. The number of hydrogen-bond acceptors (Lipinski definition) is 5. The van der Waals surface area contributed by atoms with Crippen LogP contribution in [0.1, 0.15) is 27.8 Å². The Hall–Kier alpha value is -6.26. The van der Waals surface area contributed by atoms with Crippen LogP contribution >= 0.6 is 0 Å². The van der Waals surface area contributed by atoms with Crippen LogP contribution in [0.3, 0.4) is 0 Å². The summed E-state index contributed by atoms with van der Waals surface area (Å²) in [6.45, 7) is 0. The minimum absolute atomic E-state index is 0.0465. The third-order valence-corrected chi connectivity index (χ3v) is 7.11. The number of rotatable bonds is 1. The van der Waals surface area contributed by atoms with Crippen LogP contribution in [0.25, 0.3) is 44.5 Å². The summed E-state index contributed by atoms with van der Waals surface area (Å²) in [4.78, 5) is 0. The Labute approximate surface area is 223 Å². The van der Waals surface area contributed by atoms with Gasteiger partial charge in [0.1, 0.15) is 41.2 Å². The third kappa shape index (κ3) is 3.34. The molecule has 0 amide bonds.